The van der Waals surface area contributed by atoms with Crippen molar-refractivity contribution in [1.82, 2.24) is 0 Å². The monoisotopic (exact) mass is 544 g/mol. The molecule has 4 aromatic carbocycles. The number of hydrogen-bond acceptors (Lipinski definition) is 0. The van der Waals surface area contributed by atoms with Crippen LogP contribution >= 0.6 is 0 Å². The summed E-state index contributed by atoms with van der Waals surface area (Å²) in [6.45, 7) is 2.22. The SMILES string of the molecule is CCc1cc[c]([Pb]([c]2ccccc2)([c]2ccccc2)[c]2ccccc2)cc1. The maximum atomic E-state index is 2.40. The summed E-state index contributed by atoms with van der Waals surface area (Å²) >= 11 is -3.53. The van der Waals surface area contributed by atoms with Crippen LogP contribution in [0.4, 0.5) is 0 Å². The molecule has 0 spiro atoms. The van der Waals surface area contributed by atoms with Gasteiger partial charge >= 0.3 is 168 Å². The summed E-state index contributed by atoms with van der Waals surface area (Å²) in [5, 5.41) is 0. The molecule has 0 aromatic heterocycles. The second kappa shape index (κ2) is 8.22. The molecule has 0 saturated carbocycles. The summed E-state index contributed by atoms with van der Waals surface area (Å²) in [4.78, 5) is 0. The molecular weight excluding hydrogens is 519 g/mol. The fourth-order valence-corrected chi connectivity index (χ4v) is 22.5. The molecule has 0 nitrogen and oxygen atoms in total. The minimum absolute atomic E-state index is 1.08. The molecule has 0 fully saturated rings. The number of aryl methyl sites for hydroxylation is 1. The van der Waals surface area contributed by atoms with E-state index < -0.39 is 21.2 Å². The van der Waals surface area contributed by atoms with Crippen molar-refractivity contribution in [1.29, 1.82) is 0 Å². The van der Waals surface area contributed by atoms with E-state index in [1.165, 1.54) is 18.1 Å². The Hall–Kier alpha value is -2.20. The quantitative estimate of drug-likeness (QED) is 0.338. The van der Waals surface area contributed by atoms with Gasteiger partial charge in [-0.15, -0.1) is 0 Å². The Morgan fingerprint density at radius 1 is 0.444 bits per heavy atom. The second-order valence-corrected chi connectivity index (χ2v) is 21.7. The molecule has 0 bridgehead atoms. The van der Waals surface area contributed by atoms with Gasteiger partial charge in [-0.3, -0.25) is 0 Å². The predicted molar refractivity (Wildman–Crippen MR) is 119 cm³/mol. The van der Waals surface area contributed by atoms with E-state index in [1.807, 2.05) is 0 Å². The van der Waals surface area contributed by atoms with Crippen LogP contribution in [0.1, 0.15) is 12.5 Å². The van der Waals surface area contributed by atoms with E-state index in [9.17, 15) is 0 Å². The molecule has 0 radical (unpaired) electrons. The molecule has 1 heteroatoms. The Kier molecular flexibility index (Phi) is 5.53. The van der Waals surface area contributed by atoms with Gasteiger partial charge in [0.05, 0.1) is 0 Å². The Morgan fingerprint density at radius 2 is 0.778 bits per heavy atom. The molecule has 0 atom stereocenters. The average molecular weight is 544 g/mol. The second-order valence-electron chi connectivity index (χ2n) is 6.90. The van der Waals surface area contributed by atoms with Gasteiger partial charge in [-0.05, 0) is 0 Å². The van der Waals surface area contributed by atoms with Gasteiger partial charge in [0.1, 0.15) is 0 Å². The van der Waals surface area contributed by atoms with Gasteiger partial charge in [-0.1, -0.05) is 0 Å². The van der Waals surface area contributed by atoms with Crippen LogP contribution in [0.25, 0.3) is 0 Å². The van der Waals surface area contributed by atoms with Crippen LogP contribution in [-0.4, -0.2) is 21.2 Å². The molecule has 0 amide bonds. The Bertz CT molecular complexity index is 878. The van der Waals surface area contributed by atoms with Crippen LogP contribution in [0.3, 0.4) is 0 Å². The van der Waals surface area contributed by atoms with E-state index in [0.717, 1.165) is 6.42 Å². The normalized spacial score (nSPS) is 11.3. The van der Waals surface area contributed by atoms with Crippen molar-refractivity contribution in [3.8, 4) is 0 Å². The molecule has 0 aliphatic rings. The standard InChI is InChI=1S/C8H9.3C6H5.Pb/c1-2-8-6-4-3-5-7-8;3*1-2-4-6-5-3-1;/h4-7H,2H2,1H3;3*1-5H;. The minimum atomic E-state index is -3.53. The van der Waals surface area contributed by atoms with Crippen molar-refractivity contribution >= 4 is 33.7 Å². The zero-order valence-corrected chi connectivity index (χ0v) is 19.6. The predicted octanol–water partition coefficient (Wildman–Crippen LogP) is 3.63. The molecular formula is C26H24Pb. The molecule has 0 saturated heterocycles. The van der Waals surface area contributed by atoms with E-state index in [2.05, 4.69) is 122 Å². The van der Waals surface area contributed by atoms with E-state index in [0.29, 0.717) is 0 Å². The van der Waals surface area contributed by atoms with Crippen molar-refractivity contribution in [2.24, 2.45) is 0 Å². The fourth-order valence-electron chi connectivity index (χ4n) is 4.05. The van der Waals surface area contributed by atoms with Crippen LogP contribution in [0, 0.1) is 0 Å². The molecule has 27 heavy (non-hydrogen) atoms. The van der Waals surface area contributed by atoms with Gasteiger partial charge in [-0.25, -0.2) is 0 Å². The summed E-state index contributed by atoms with van der Waals surface area (Å²) in [5.41, 5.74) is 1.40. The first kappa shape index (κ1) is 18.2. The van der Waals surface area contributed by atoms with Gasteiger partial charge in [0, 0.05) is 0 Å². The van der Waals surface area contributed by atoms with Crippen LogP contribution in [-0.2, 0) is 6.42 Å². The Labute approximate surface area is 167 Å². The van der Waals surface area contributed by atoms with E-state index in [-0.39, 0.29) is 0 Å². The zero-order valence-electron chi connectivity index (χ0n) is 15.7. The summed E-state index contributed by atoms with van der Waals surface area (Å²) in [7, 11) is 0. The van der Waals surface area contributed by atoms with Crippen LogP contribution < -0.4 is 12.5 Å². The third-order valence-corrected chi connectivity index (χ3v) is 24.1. The first-order chi connectivity index (χ1) is 13.4. The maximum absolute atomic E-state index is 3.53. The van der Waals surface area contributed by atoms with Gasteiger partial charge in [-0.2, -0.15) is 0 Å². The third-order valence-electron chi connectivity index (χ3n) is 5.42. The summed E-state index contributed by atoms with van der Waals surface area (Å²) in [5.74, 6) is 0. The summed E-state index contributed by atoms with van der Waals surface area (Å²) in [6.07, 6.45) is 1.08. The van der Waals surface area contributed by atoms with Crippen molar-refractivity contribution in [2.45, 2.75) is 13.3 Å². The molecule has 0 aliphatic heterocycles. The third kappa shape index (κ3) is 3.39. The molecule has 0 heterocycles. The average Bonchev–Trinajstić information content (AvgIpc) is 2.77. The first-order valence-electron chi connectivity index (χ1n) is 9.61. The van der Waals surface area contributed by atoms with Crippen molar-refractivity contribution in [2.75, 3.05) is 0 Å². The summed E-state index contributed by atoms with van der Waals surface area (Å²) in [6, 6.07) is 43.0. The topological polar surface area (TPSA) is 0 Å². The van der Waals surface area contributed by atoms with E-state index >= 15 is 0 Å². The van der Waals surface area contributed by atoms with Crippen molar-refractivity contribution in [3.63, 3.8) is 0 Å². The van der Waals surface area contributed by atoms with Crippen molar-refractivity contribution in [3.05, 3.63) is 121 Å². The van der Waals surface area contributed by atoms with Crippen LogP contribution in [0.5, 0.6) is 0 Å². The first-order valence-corrected chi connectivity index (χ1v) is 17.4. The molecule has 0 unspecified atom stereocenters. The number of hydrogen-bond donors (Lipinski definition) is 0. The van der Waals surface area contributed by atoms with E-state index in [4.69, 9.17) is 0 Å². The van der Waals surface area contributed by atoms with Gasteiger partial charge in [0.25, 0.3) is 0 Å². The fraction of sp³-hybridized carbons (Fsp3) is 0.0769. The number of benzene rings is 4. The van der Waals surface area contributed by atoms with E-state index in [1.54, 1.807) is 0 Å². The van der Waals surface area contributed by atoms with Gasteiger partial charge in [0.15, 0.2) is 0 Å². The molecule has 0 aliphatic carbocycles. The van der Waals surface area contributed by atoms with Crippen molar-refractivity contribution < 1.29 is 0 Å². The zero-order chi connectivity index (χ0) is 18.5. The van der Waals surface area contributed by atoms with Gasteiger partial charge in [0.2, 0.25) is 0 Å². The van der Waals surface area contributed by atoms with Gasteiger partial charge < -0.3 is 0 Å². The molecule has 0 N–H and O–H groups in total. The molecule has 132 valence electrons. The Balaban J connectivity index is 2.09. The molecule has 4 aromatic rings. The summed E-state index contributed by atoms with van der Waals surface area (Å²) < 4.78 is 6.04. The van der Waals surface area contributed by atoms with Crippen LogP contribution in [0.2, 0.25) is 0 Å². The Morgan fingerprint density at radius 3 is 1.11 bits per heavy atom. The number of rotatable bonds is 5. The van der Waals surface area contributed by atoms with Crippen LogP contribution in [0.15, 0.2) is 115 Å². The molecule has 4 rings (SSSR count).